The second-order valence-electron chi connectivity index (χ2n) is 5.25. The van der Waals surface area contributed by atoms with Gasteiger partial charge in [0.05, 0.1) is 22.6 Å². The molecule has 1 saturated heterocycles. The first-order chi connectivity index (χ1) is 9.99. The van der Waals surface area contributed by atoms with Crippen molar-refractivity contribution in [2.24, 2.45) is 17.4 Å². The van der Waals surface area contributed by atoms with Crippen LogP contribution in [0.4, 0.5) is 11.5 Å². The Bertz CT molecular complexity index is 607. The molecule has 112 valence electrons. The number of pyridine rings is 1. The Morgan fingerprint density at radius 3 is 3.00 bits per heavy atom. The number of anilines is 1. The zero-order valence-electron chi connectivity index (χ0n) is 11.1. The number of amides is 1. The Balaban J connectivity index is 1.85. The number of primary amides is 1. The largest absolute Gasteiger partial charge is 0.376 e. The predicted molar refractivity (Wildman–Crippen MR) is 72.6 cm³/mol. The van der Waals surface area contributed by atoms with E-state index in [1.54, 1.807) is 0 Å². The lowest BCUT2D eigenvalue weighted by Crippen LogP contribution is -2.65. The standard InChI is InChI=1S/C12H15N5O4/c13-8-6-1-2-21-10(6)9(8)16-12-7(11(14)18)3-5(4-15-12)17(19)20/h3-4,6,8-10H,1-2,13H2,(H2,14,18)(H,15,16). The van der Waals surface area contributed by atoms with Gasteiger partial charge in [0, 0.05) is 24.6 Å². The number of nitrogens with one attached hydrogen (secondary N) is 1. The fraction of sp³-hybridized carbons (Fsp3) is 0.500. The van der Waals surface area contributed by atoms with Crippen LogP contribution < -0.4 is 16.8 Å². The Morgan fingerprint density at radius 2 is 2.33 bits per heavy atom. The molecule has 1 aliphatic heterocycles. The lowest BCUT2D eigenvalue weighted by atomic mass is 9.72. The van der Waals surface area contributed by atoms with Gasteiger partial charge in [-0.2, -0.15) is 0 Å². The van der Waals surface area contributed by atoms with Crippen molar-refractivity contribution in [3.8, 4) is 0 Å². The van der Waals surface area contributed by atoms with Crippen LogP contribution in [-0.4, -0.2) is 40.6 Å². The molecule has 0 spiro atoms. The Kier molecular flexibility index (Phi) is 3.22. The van der Waals surface area contributed by atoms with Gasteiger partial charge in [-0.1, -0.05) is 0 Å². The summed E-state index contributed by atoms with van der Waals surface area (Å²) in [5.41, 5.74) is 11.0. The molecule has 4 atom stereocenters. The number of carbonyl (C=O) groups is 1. The smallest absolute Gasteiger partial charge is 0.288 e. The number of hydrogen-bond donors (Lipinski definition) is 3. The van der Waals surface area contributed by atoms with E-state index in [1.165, 1.54) is 0 Å². The quantitative estimate of drug-likeness (QED) is 0.506. The molecule has 9 heteroatoms. The van der Waals surface area contributed by atoms with Crippen LogP contribution in [-0.2, 0) is 4.74 Å². The summed E-state index contributed by atoms with van der Waals surface area (Å²) in [5.74, 6) is -0.287. The average molecular weight is 293 g/mol. The zero-order chi connectivity index (χ0) is 15.1. The highest BCUT2D eigenvalue weighted by atomic mass is 16.6. The molecule has 2 aliphatic rings. The normalized spacial score (nSPS) is 30.3. The Morgan fingerprint density at radius 1 is 1.57 bits per heavy atom. The third kappa shape index (κ3) is 2.20. The molecule has 0 bridgehead atoms. The minimum Gasteiger partial charge on any atom is -0.376 e. The van der Waals surface area contributed by atoms with E-state index in [0.29, 0.717) is 12.5 Å². The van der Waals surface area contributed by atoms with E-state index >= 15 is 0 Å². The highest BCUT2D eigenvalue weighted by Gasteiger charge is 2.52. The molecule has 1 saturated carbocycles. The maximum absolute atomic E-state index is 11.5. The van der Waals surface area contributed by atoms with Gasteiger partial charge in [-0.3, -0.25) is 14.9 Å². The molecule has 1 aromatic rings. The molecule has 1 aromatic heterocycles. The SMILES string of the molecule is NC(=O)c1cc([N+](=O)[O-])cnc1NC1C(N)C2CCOC21. The number of hydrogen-bond acceptors (Lipinski definition) is 7. The molecule has 4 unspecified atom stereocenters. The summed E-state index contributed by atoms with van der Waals surface area (Å²) in [6.45, 7) is 0.664. The third-order valence-electron chi connectivity index (χ3n) is 4.10. The summed E-state index contributed by atoms with van der Waals surface area (Å²) in [4.78, 5) is 25.5. The highest BCUT2D eigenvalue weighted by Crippen LogP contribution is 2.39. The number of nitrogens with two attached hydrogens (primary N) is 2. The first kappa shape index (κ1) is 13.7. The van der Waals surface area contributed by atoms with Crippen LogP contribution >= 0.6 is 0 Å². The number of carbonyl (C=O) groups excluding carboxylic acids is 1. The van der Waals surface area contributed by atoms with E-state index in [9.17, 15) is 14.9 Å². The fourth-order valence-electron chi connectivity index (χ4n) is 2.94. The van der Waals surface area contributed by atoms with Crippen LogP contribution in [0.3, 0.4) is 0 Å². The number of fused-ring (bicyclic) bond motifs is 1. The maximum Gasteiger partial charge on any atom is 0.288 e. The van der Waals surface area contributed by atoms with E-state index < -0.39 is 10.8 Å². The summed E-state index contributed by atoms with van der Waals surface area (Å²) in [6.07, 6.45) is 1.98. The molecule has 0 radical (unpaired) electrons. The van der Waals surface area contributed by atoms with Crippen LogP contribution in [0.25, 0.3) is 0 Å². The number of aromatic nitrogens is 1. The Labute approximate surface area is 119 Å². The predicted octanol–water partition coefficient (Wildman–Crippen LogP) is -0.385. The van der Waals surface area contributed by atoms with Gasteiger partial charge in [0.15, 0.2) is 0 Å². The zero-order valence-corrected chi connectivity index (χ0v) is 11.1. The van der Waals surface area contributed by atoms with Gasteiger partial charge < -0.3 is 21.5 Å². The van der Waals surface area contributed by atoms with E-state index in [0.717, 1.165) is 18.7 Å². The van der Waals surface area contributed by atoms with E-state index in [2.05, 4.69) is 10.3 Å². The minimum atomic E-state index is -0.787. The monoisotopic (exact) mass is 293 g/mol. The highest BCUT2D eigenvalue weighted by molar-refractivity contribution is 5.98. The van der Waals surface area contributed by atoms with Crippen LogP contribution in [0, 0.1) is 16.0 Å². The van der Waals surface area contributed by atoms with E-state index in [-0.39, 0.29) is 35.3 Å². The van der Waals surface area contributed by atoms with Gasteiger partial charge in [-0.05, 0) is 6.42 Å². The number of nitro groups is 1. The second-order valence-corrected chi connectivity index (χ2v) is 5.25. The summed E-state index contributed by atoms with van der Waals surface area (Å²) < 4.78 is 5.57. The van der Waals surface area contributed by atoms with Gasteiger partial charge in [0.25, 0.3) is 11.6 Å². The van der Waals surface area contributed by atoms with E-state index in [1.807, 2.05) is 0 Å². The maximum atomic E-state index is 11.5. The molecule has 2 fully saturated rings. The molecule has 1 amide bonds. The first-order valence-corrected chi connectivity index (χ1v) is 6.57. The van der Waals surface area contributed by atoms with Crippen molar-refractivity contribution in [2.75, 3.05) is 11.9 Å². The van der Waals surface area contributed by atoms with Crippen LogP contribution in [0.5, 0.6) is 0 Å². The molecule has 2 heterocycles. The van der Waals surface area contributed by atoms with Crippen molar-refractivity contribution >= 4 is 17.4 Å². The molecule has 21 heavy (non-hydrogen) atoms. The van der Waals surface area contributed by atoms with Crippen molar-refractivity contribution in [2.45, 2.75) is 24.6 Å². The first-order valence-electron chi connectivity index (χ1n) is 6.57. The van der Waals surface area contributed by atoms with Crippen molar-refractivity contribution in [3.05, 3.63) is 27.9 Å². The summed E-state index contributed by atoms with van der Waals surface area (Å²) in [5, 5.41) is 13.8. The lowest BCUT2D eigenvalue weighted by Gasteiger charge is -2.45. The number of ether oxygens (including phenoxy) is 1. The minimum absolute atomic E-state index is 0.0160. The number of rotatable bonds is 4. The van der Waals surface area contributed by atoms with Crippen LogP contribution in [0.15, 0.2) is 12.3 Å². The number of nitrogens with zero attached hydrogens (tertiary/aromatic N) is 2. The summed E-state index contributed by atoms with van der Waals surface area (Å²) >= 11 is 0. The van der Waals surface area contributed by atoms with Gasteiger partial charge in [-0.25, -0.2) is 4.98 Å². The van der Waals surface area contributed by atoms with Gasteiger partial charge in [0.1, 0.15) is 12.0 Å². The topological polar surface area (TPSA) is 146 Å². The lowest BCUT2D eigenvalue weighted by molar-refractivity contribution is -0.385. The second kappa shape index (κ2) is 4.93. The Hall–Kier alpha value is -2.26. The van der Waals surface area contributed by atoms with Crippen LogP contribution in [0.2, 0.25) is 0 Å². The fourth-order valence-corrected chi connectivity index (χ4v) is 2.94. The molecule has 1 aliphatic carbocycles. The molecule has 5 N–H and O–H groups in total. The molecular formula is C12H15N5O4. The summed E-state index contributed by atoms with van der Waals surface area (Å²) in [7, 11) is 0. The van der Waals surface area contributed by atoms with Crippen molar-refractivity contribution < 1.29 is 14.5 Å². The molecular weight excluding hydrogens is 278 g/mol. The third-order valence-corrected chi connectivity index (χ3v) is 4.10. The molecule has 3 rings (SSSR count). The van der Waals surface area contributed by atoms with Gasteiger partial charge in [0.2, 0.25) is 0 Å². The van der Waals surface area contributed by atoms with Crippen molar-refractivity contribution in [3.63, 3.8) is 0 Å². The van der Waals surface area contributed by atoms with E-state index in [4.69, 9.17) is 16.2 Å². The van der Waals surface area contributed by atoms with Crippen molar-refractivity contribution in [1.82, 2.24) is 4.98 Å². The average Bonchev–Trinajstić information content (AvgIpc) is 2.89. The summed E-state index contributed by atoms with van der Waals surface area (Å²) in [6, 6.07) is 0.828. The molecule has 0 aromatic carbocycles. The van der Waals surface area contributed by atoms with Gasteiger partial charge in [-0.15, -0.1) is 0 Å². The van der Waals surface area contributed by atoms with Gasteiger partial charge >= 0.3 is 0 Å². The van der Waals surface area contributed by atoms with Crippen LogP contribution in [0.1, 0.15) is 16.8 Å². The molecule has 9 nitrogen and oxygen atoms in total. The van der Waals surface area contributed by atoms with Crippen molar-refractivity contribution in [1.29, 1.82) is 0 Å².